The van der Waals surface area contributed by atoms with Crippen molar-refractivity contribution in [3.05, 3.63) is 29.8 Å². The summed E-state index contributed by atoms with van der Waals surface area (Å²) in [5, 5.41) is 2.83. The molecular weight excluding hydrogens is 228 g/mol. The summed E-state index contributed by atoms with van der Waals surface area (Å²) in [4.78, 5) is 11.8. The van der Waals surface area contributed by atoms with Crippen molar-refractivity contribution in [2.75, 3.05) is 13.2 Å². The second-order valence-electron chi connectivity index (χ2n) is 4.22. The van der Waals surface area contributed by atoms with Gasteiger partial charge in [-0.2, -0.15) is 0 Å². The molecule has 0 aliphatic rings. The summed E-state index contributed by atoms with van der Waals surface area (Å²) in [6.07, 6.45) is 1.95. The topological polar surface area (TPSA) is 64.3 Å². The lowest BCUT2D eigenvalue weighted by Gasteiger charge is -2.11. The molecule has 4 nitrogen and oxygen atoms in total. The van der Waals surface area contributed by atoms with Gasteiger partial charge in [0.1, 0.15) is 5.75 Å². The highest BCUT2D eigenvalue weighted by Crippen LogP contribution is 2.11. The van der Waals surface area contributed by atoms with Gasteiger partial charge in [0.2, 0.25) is 0 Å². The van der Waals surface area contributed by atoms with E-state index < -0.39 is 0 Å². The largest absolute Gasteiger partial charge is 0.494 e. The minimum Gasteiger partial charge on any atom is -0.494 e. The van der Waals surface area contributed by atoms with Gasteiger partial charge in [0.15, 0.2) is 0 Å². The zero-order valence-corrected chi connectivity index (χ0v) is 11.1. The van der Waals surface area contributed by atoms with E-state index in [1.807, 2.05) is 6.92 Å². The summed E-state index contributed by atoms with van der Waals surface area (Å²) in [5.41, 5.74) is 6.47. The number of benzene rings is 1. The summed E-state index contributed by atoms with van der Waals surface area (Å²) in [6.45, 7) is 5.14. The van der Waals surface area contributed by atoms with Crippen molar-refractivity contribution in [3.8, 4) is 5.75 Å². The molecule has 0 fully saturated rings. The summed E-state index contributed by atoms with van der Waals surface area (Å²) in [7, 11) is 0. The van der Waals surface area contributed by atoms with Crippen LogP contribution in [0.3, 0.4) is 0 Å². The van der Waals surface area contributed by atoms with Crippen LogP contribution in [-0.2, 0) is 0 Å². The van der Waals surface area contributed by atoms with E-state index in [0.29, 0.717) is 18.7 Å². The van der Waals surface area contributed by atoms with Gasteiger partial charge in [-0.1, -0.05) is 13.3 Å². The van der Waals surface area contributed by atoms with E-state index in [-0.39, 0.29) is 11.9 Å². The van der Waals surface area contributed by atoms with Crippen LogP contribution >= 0.6 is 0 Å². The van der Waals surface area contributed by atoms with Crippen LogP contribution < -0.4 is 15.8 Å². The number of carbonyl (C=O) groups excluding carboxylic acids is 1. The van der Waals surface area contributed by atoms with Crippen LogP contribution in [0, 0.1) is 0 Å². The van der Waals surface area contributed by atoms with Gasteiger partial charge >= 0.3 is 0 Å². The van der Waals surface area contributed by atoms with E-state index in [0.717, 1.165) is 18.6 Å². The van der Waals surface area contributed by atoms with Crippen molar-refractivity contribution in [2.24, 2.45) is 5.73 Å². The smallest absolute Gasteiger partial charge is 0.251 e. The third kappa shape index (κ3) is 4.75. The quantitative estimate of drug-likeness (QED) is 0.777. The SMILES string of the molecule is CCCC(N)CNC(=O)c1ccc(OCC)cc1. The minimum absolute atomic E-state index is 0.0293. The van der Waals surface area contributed by atoms with Crippen LogP contribution in [0.2, 0.25) is 0 Å². The minimum atomic E-state index is -0.0930. The average molecular weight is 250 g/mol. The Kier molecular flexibility index (Phi) is 6.22. The molecule has 0 aromatic heterocycles. The lowest BCUT2D eigenvalue weighted by atomic mass is 10.1. The number of hydrogen-bond donors (Lipinski definition) is 2. The number of nitrogens with one attached hydrogen (secondary N) is 1. The maximum Gasteiger partial charge on any atom is 0.251 e. The monoisotopic (exact) mass is 250 g/mol. The summed E-state index contributed by atoms with van der Waals surface area (Å²) < 4.78 is 5.32. The molecule has 0 bridgehead atoms. The lowest BCUT2D eigenvalue weighted by molar-refractivity contribution is 0.0950. The normalized spacial score (nSPS) is 11.9. The molecule has 1 aromatic rings. The molecule has 0 saturated carbocycles. The molecule has 100 valence electrons. The van der Waals surface area contributed by atoms with E-state index in [2.05, 4.69) is 12.2 Å². The highest BCUT2D eigenvalue weighted by atomic mass is 16.5. The Morgan fingerprint density at radius 3 is 2.56 bits per heavy atom. The molecule has 0 aliphatic heterocycles. The van der Waals surface area contributed by atoms with E-state index in [1.165, 1.54) is 0 Å². The van der Waals surface area contributed by atoms with Crippen LogP contribution in [0.15, 0.2) is 24.3 Å². The summed E-state index contributed by atoms with van der Waals surface area (Å²) in [6, 6.07) is 7.13. The molecule has 1 amide bonds. The van der Waals surface area contributed by atoms with E-state index >= 15 is 0 Å². The van der Waals surface area contributed by atoms with Crippen LogP contribution in [0.4, 0.5) is 0 Å². The molecule has 0 radical (unpaired) electrons. The van der Waals surface area contributed by atoms with Crippen molar-refractivity contribution in [2.45, 2.75) is 32.7 Å². The highest BCUT2D eigenvalue weighted by molar-refractivity contribution is 5.94. The van der Waals surface area contributed by atoms with Crippen LogP contribution in [0.25, 0.3) is 0 Å². The molecule has 1 rings (SSSR count). The summed E-state index contributed by atoms with van der Waals surface area (Å²) in [5.74, 6) is 0.682. The first-order valence-corrected chi connectivity index (χ1v) is 6.44. The Morgan fingerprint density at radius 2 is 2.00 bits per heavy atom. The van der Waals surface area contributed by atoms with Crippen molar-refractivity contribution in [1.82, 2.24) is 5.32 Å². The average Bonchev–Trinajstić information content (AvgIpc) is 2.37. The first-order valence-electron chi connectivity index (χ1n) is 6.44. The third-order valence-electron chi connectivity index (χ3n) is 2.61. The predicted octanol–water partition coefficient (Wildman–Crippen LogP) is 1.94. The standard InChI is InChI=1S/C14H22N2O2/c1-3-5-12(15)10-16-14(17)11-6-8-13(9-7-11)18-4-2/h6-9,12H,3-5,10,15H2,1-2H3,(H,16,17). The van der Waals surface area contributed by atoms with E-state index in [1.54, 1.807) is 24.3 Å². The van der Waals surface area contributed by atoms with Gasteiger partial charge in [0.05, 0.1) is 6.61 Å². The van der Waals surface area contributed by atoms with Gasteiger partial charge in [-0.25, -0.2) is 0 Å². The van der Waals surface area contributed by atoms with Crippen molar-refractivity contribution >= 4 is 5.91 Å². The van der Waals surface area contributed by atoms with E-state index in [9.17, 15) is 4.79 Å². The molecule has 3 N–H and O–H groups in total. The van der Waals surface area contributed by atoms with Crippen molar-refractivity contribution in [1.29, 1.82) is 0 Å². The molecule has 0 aliphatic carbocycles. The Hall–Kier alpha value is -1.55. The molecule has 18 heavy (non-hydrogen) atoms. The number of hydrogen-bond acceptors (Lipinski definition) is 3. The molecule has 1 unspecified atom stereocenters. The van der Waals surface area contributed by atoms with Crippen molar-refractivity contribution < 1.29 is 9.53 Å². The second-order valence-corrected chi connectivity index (χ2v) is 4.22. The van der Waals surface area contributed by atoms with Gasteiger partial charge in [-0.3, -0.25) is 4.79 Å². The van der Waals surface area contributed by atoms with Crippen LogP contribution in [0.5, 0.6) is 5.75 Å². The molecule has 1 aromatic carbocycles. The fourth-order valence-corrected chi connectivity index (χ4v) is 1.67. The maximum atomic E-state index is 11.8. The summed E-state index contributed by atoms with van der Waals surface area (Å²) >= 11 is 0. The maximum absolute atomic E-state index is 11.8. The molecule has 1 atom stereocenters. The predicted molar refractivity (Wildman–Crippen MR) is 72.8 cm³/mol. The van der Waals surface area contributed by atoms with Crippen LogP contribution in [0.1, 0.15) is 37.0 Å². The zero-order chi connectivity index (χ0) is 13.4. The van der Waals surface area contributed by atoms with Gasteiger partial charge in [-0.15, -0.1) is 0 Å². The number of ether oxygens (including phenoxy) is 1. The fraction of sp³-hybridized carbons (Fsp3) is 0.500. The van der Waals surface area contributed by atoms with Gasteiger partial charge in [0, 0.05) is 18.2 Å². The van der Waals surface area contributed by atoms with E-state index in [4.69, 9.17) is 10.5 Å². The number of carbonyl (C=O) groups is 1. The Morgan fingerprint density at radius 1 is 1.33 bits per heavy atom. The molecule has 0 heterocycles. The molecule has 0 spiro atoms. The second kappa shape index (κ2) is 7.71. The third-order valence-corrected chi connectivity index (χ3v) is 2.61. The Labute approximate surface area is 109 Å². The molecule has 4 heteroatoms. The lowest BCUT2D eigenvalue weighted by Crippen LogP contribution is -2.37. The fourth-order valence-electron chi connectivity index (χ4n) is 1.67. The number of amides is 1. The van der Waals surface area contributed by atoms with Gasteiger partial charge < -0.3 is 15.8 Å². The number of rotatable bonds is 7. The molecule has 0 saturated heterocycles. The van der Waals surface area contributed by atoms with Gasteiger partial charge in [-0.05, 0) is 37.6 Å². The molecular formula is C14H22N2O2. The van der Waals surface area contributed by atoms with Crippen LogP contribution in [-0.4, -0.2) is 25.1 Å². The Balaban J connectivity index is 2.46. The van der Waals surface area contributed by atoms with Crippen molar-refractivity contribution in [3.63, 3.8) is 0 Å². The zero-order valence-electron chi connectivity index (χ0n) is 11.1. The highest BCUT2D eigenvalue weighted by Gasteiger charge is 2.07. The first-order chi connectivity index (χ1) is 8.67. The van der Waals surface area contributed by atoms with Gasteiger partial charge in [0.25, 0.3) is 5.91 Å². The Bertz CT molecular complexity index is 363. The number of nitrogens with two attached hydrogens (primary N) is 1. The first kappa shape index (κ1) is 14.5.